The largest absolute Gasteiger partial charge is 0.507 e. The summed E-state index contributed by atoms with van der Waals surface area (Å²) < 4.78 is 45.2. The number of amides is 1. The maximum absolute atomic E-state index is 13.3. The maximum atomic E-state index is 13.3. The van der Waals surface area contributed by atoms with Crippen LogP contribution in [-0.2, 0) is 22.3 Å². The normalized spacial score (nSPS) is 17.5. The molecule has 4 aromatic rings. The first-order chi connectivity index (χ1) is 17.7. The van der Waals surface area contributed by atoms with Gasteiger partial charge in [0.05, 0.1) is 24.3 Å². The number of hydrogen-bond donors (Lipinski definition) is 2. The van der Waals surface area contributed by atoms with Crippen molar-refractivity contribution in [1.82, 2.24) is 9.88 Å². The smallest absolute Gasteiger partial charge is 0.416 e. The van der Waals surface area contributed by atoms with Gasteiger partial charge in [-0.15, -0.1) is 0 Å². The van der Waals surface area contributed by atoms with Crippen molar-refractivity contribution in [2.45, 2.75) is 18.8 Å². The van der Waals surface area contributed by atoms with Crippen LogP contribution in [-0.4, -0.2) is 33.8 Å². The summed E-state index contributed by atoms with van der Waals surface area (Å²) >= 11 is 0. The summed E-state index contributed by atoms with van der Waals surface area (Å²) in [6.07, 6.45) is -3.02. The number of hydrogen-bond acceptors (Lipinski definition) is 4. The van der Waals surface area contributed by atoms with E-state index in [2.05, 4.69) is 4.98 Å². The second-order valence-electron chi connectivity index (χ2n) is 8.65. The third-order valence-corrected chi connectivity index (χ3v) is 6.40. The van der Waals surface area contributed by atoms with Gasteiger partial charge in [-0.25, -0.2) is 0 Å². The van der Waals surface area contributed by atoms with Crippen molar-refractivity contribution >= 4 is 28.4 Å². The minimum Gasteiger partial charge on any atom is -0.507 e. The summed E-state index contributed by atoms with van der Waals surface area (Å²) in [5.74, 6) is -1.78. The second kappa shape index (κ2) is 9.16. The van der Waals surface area contributed by atoms with Crippen molar-refractivity contribution in [3.63, 3.8) is 0 Å². The van der Waals surface area contributed by atoms with Crippen LogP contribution in [0.2, 0.25) is 0 Å². The quantitative estimate of drug-likeness (QED) is 0.203. The molecule has 1 saturated heterocycles. The number of alkyl halides is 3. The van der Waals surface area contributed by atoms with Gasteiger partial charge in [0.25, 0.3) is 11.7 Å². The number of fused-ring (bicyclic) bond motifs is 1. The van der Waals surface area contributed by atoms with Gasteiger partial charge in [0.2, 0.25) is 0 Å². The number of ether oxygens (including phenoxy) is 1. The number of carbonyl (C=O) groups excluding carboxylic acids is 2. The number of H-pyrrole nitrogens is 1. The summed E-state index contributed by atoms with van der Waals surface area (Å²) in [4.78, 5) is 30.8. The zero-order valence-corrected chi connectivity index (χ0v) is 19.5. The molecule has 2 heterocycles. The number of aromatic amines is 1. The monoisotopic (exact) mass is 506 g/mol. The summed E-state index contributed by atoms with van der Waals surface area (Å²) in [5.41, 5.74) is 0.692. The summed E-state index contributed by atoms with van der Waals surface area (Å²) in [6.45, 7) is -0.277. The van der Waals surface area contributed by atoms with Crippen molar-refractivity contribution in [3.05, 3.63) is 107 Å². The van der Waals surface area contributed by atoms with Crippen molar-refractivity contribution < 1.29 is 32.6 Å². The number of para-hydroxylation sites is 1. The third kappa shape index (κ3) is 4.33. The topological polar surface area (TPSA) is 82.6 Å². The van der Waals surface area contributed by atoms with E-state index in [1.807, 2.05) is 6.07 Å². The van der Waals surface area contributed by atoms with Crippen LogP contribution in [0.1, 0.15) is 28.3 Å². The molecular formula is C28H21F3N2O4. The lowest BCUT2D eigenvalue weighted by Gasteiger charge is -2.26. The van der Waals surface area contributed by atoms with Crippen molar-refractivity contribution in [3.8, 4) is 5.75 Å². The fourth-order valence-electron chi connectivity index (χ4n) is 4.66. The average Bonchev–Trinajstić information content (AvgIpc) is 3.43. The molecule has 1 atom stereocenters. The number of nitrogens with one attached hydrogen (secondary N) is 1. The molecule has 3 aromatic carbocycles. The molecule has 9 heteroatoms. The number of rotatable bonds is 5. The highest BCUT2D eigenvalue weighted by molar-refractivity contribution is 6.46. The van der Waals surface area contributed by atoms with Gasteiger partial charge in [0, 0.05) is 29.2 Å². The predicted octanol–water partition coefficient (Wildman–Crippen LogP) is 5.82. The van der Waals surface area contributed by atoms with E-state index in [9.17, 15) is 27.9 Å². The fraction of sp³-hybridized carbons (Fsp3) is 0.143. The van der Waals surface area contributed by atoms with E-state index in [4.69, 9.17) is 4.74 Å². The average molecular weight is 506 g/mol. The Labute approximate surface area is 209 Å². The highest BCUT2D eigenvalue weighted by Crippen LogP contribution is 2.42. The Bertz CT molecular complexity index is 1550. The van der Waals surface area contributed by atoms with E-state index in [1.165, 1.54) is 24.1 Å². The lowest BCUT2D eigenvalue weighted by molar-refractivity contribution is -0.140. The zero-order valence-electron chi connectivity index (χ0n) is 19.5. The molecule has 6 nitrogen and oxygen atoms in total. The Morgan fingerprint density at radius 3 is 2.54 bits per heavy atom. The Morgan fingerprint density at radius 2 is 1.78 bits per heavy atom. The van der Waals surface area contributed by atoms with E-state index in [0.717, 1.165) is 17.6 Å². The molecule has 0 bridgehead atoms. The third-order valence-electron chi connectivity index (χ3n) is 6.40. The van der Waals surface area contributed by atoms with Crippen LogP contribution in [0.25, 0.3) is 16.7 Å². The minimum atomic E-state index is -4.56. The number of nitrogens with zero attached hydrogens (tertiary/aromatic N) is 1. The van der Waals surface area contributed by atoms with Gasteiger partial charge in [-0.2, -0.15) is 13.2 Å². The van der Waals surface area contributed by atoms with Crippen LogP contribution in [0.3, 0.4) is 0 Å². The molecule has 0 aliphatic carbocycles. The highest BCUT2D eigenvalue weighted by Gasteiger charge is 2.46. The van der Waals surface area contributed by atoms with Crippen molar-refractivity contribution in [1.29, 1.82) is 0 Å². The number of benzene rings is 3. The molecule has 1 aliphatic heterocycles. The van der Waals surface area contributed by atoms with E-state index in [-0.39, 0.29) is 23.4 Å². The van der Waals surface area contributed by atoms with Gasteiger partial charge in [-0.1, -0.05) is 42.5 Å². The number of likely N-dealkylation sites (tertiary alicyclic amines) is 1. The SMILES string of the molecule is COc1cccc(C2/C(=C(/O)c3c[nH]c4ccccc34)C(=O)C(=O)N2Cc2cccc(C(F)(F)F)c2)c1. The number of carbonyl (C=O) groups is 2. The zero-order chi connectivity index (χ0) is 26.3. The summed E-state index contributed by atoms with van der Waals surface area (Å²) in [5, 5.41) is 12.0. The van der Waals surface area contributed by atoms with Crippen LogP contribution in [0.15, 0.2) is 84.6 Å². The molecule has 1 aliphatic rings. The number of Topliss-reactive ketones (excluding diaryl/α,β-unsaturated/α-hetero) is 1. The van der Waals surface area contributed by atoms with E-state index in [0.29, 0.717) is 22.3 Å². The molecule has 0 saturated carbocycles. The number of aliphatic hydroxyl groups is 1. The number of aromatic nitrogens is 1. The van der Waals surface area contributed by atoms with Gasteiger partial charge in [-0.05, 0) is 41.5 Å². The molecule has 0 radical (unpaired) electrons. The Hall–Kier alpha value is -4.53. The van der Waals surface area contributed by atoms with Crippen LogP contribution < -0.4 is 4.74 Å². The highest BCUT2D eigenvalue weighted by atomic mass is 19.4. The molecule has 1 amide bonds. The standard InChI is InChI=1S/C28H21F3N2O4/c1-37-19-9-5-7-17(13-19)24-23(25(34)21-14-32-22-11-3-2-10-20(21)22)26(35)27(36)33(24)15-16-6-4-8-18(12-16)28(29,30)31/h2-14,24,32,34H,15H2,1H3/b25-23-. The minimum absolute atomic E-state index is 0.157. The number of ketones is 1. The second-order valence-corrected chi connectivity index (χ2v) is 8.65. The number of aliphatic hydroxyl groups excluding tert-OH is 1. The molecule has 0 spiro atoms. The van der Waals surface area contributed by atoms with Gasteiger partial charge < -0.3 is 19.7 Å². The van der Waals surface area contributed by atoms with Gasteiger partial charge >= 0.3 is 6.18 Å². The molecule has 1 unspecified atom stereocenters. The van der Waals surface area contributed by atoms with Crippen LogP contribution in [0.4, 0.5) is 13.2 Å². The molecule has 37 heavy (non-hydrogen) atoms. The predicted molar refractivity (Wildman–Crippen MR) is 131 cm³/mol. The molecular weight excluding hydrogens is 485 g/mol. The molecule has 5 rings (SSSR count). The number of halogens is 3. The van der Waals surface area contributed by atoms with Gasteiger partial charge in [-0.3, -0.25) is 9.59 Å². The molecule has 2 N–H and O–H groups in total. The van der Waals surface area contributed by atoms with Crippen molar-refractivity contribution in [2.75, 3.05) is 7.11 Å². The summed E-state index contributed by atoms with van der Waals surface area (Å²) in [6, 6.07) is 17.3. The van der Waals surface area contributed by atoms with Crippen LogP contribution in [0.5, 0.6) is 5.75 Å². The Kier molecular flexibility index (Phi) is 5.99. The first-order valence-electron chi connectivity index (χ1n) is 11.3. The molecule has 1 aromatic heterocycles. The summed E-state index contributed by atoms with van der Waals surface area (Å²) in [7, 11) is 1.46. The van der Waals surface area contributed by atoms with Gasteiger partial charge in [0.15, 0.2) is 0 Å². The van der Waals surface area contributed by atoms with E-state index in [1.54, 1.807) is 48.7 Å². The first kappa shape index (κ1) is 24.2. The van der Waals surface area contributed by atoms with Crippen LogP contribution >= 0.6 is 0 Å². The number of methoxy groups -OCH3 is 1. The van der Waals surface area contributed by atoms with Gasteiger partial charge in [0.1, 0.15) is 11.5 Å². The van der Waals surface area contributed by atoms with E-state index < -0.39 is 29.5 Å². The maximum Gasteiger partial charge on any atom is 0.416 e. The Morgan fingerprint density at radius 1 is 1.03 bits per heavy atom. The molecule has 188 valence electrons. The lowest BCUT2D eigenvalue weighted by Crippen LogP contribution is -2.29. The fourth-order valence-corrected chi connectivity index (χ4v) is 4.66. The van der Waals surface area contributed by atoms with Crippen LogP contribution in [0, 0.1) is 0 Å². The Balaban J connectivity index is 1.67. The van der Waals surface area contributed by atoms with E-state index >= 15 is 0 Å². The van der Waals surface area contributed by atoms with Crippen molar-refractivity contribution in [2.24, 2.45) is 0 Å². The first-order valence-corrected chi connectivity index (χ1v) is 11.3. The lowest BCUT2D eigenvalue weighted by atomic mass is 9.94. The molecule has 1 fully saturated rings.